The molecule has 8 heteroatoms. The largest absolute Gasteiger partial charge is 0.382 e. The molecule has 2 atom stereocenters. The van der Waals surface area contributed by atoms with Crippen molar-refractivity contribution in [2.24, 2.45) is 0 Å². The van der Waals surface area contributed by atoms with Crippen LogP contribution in [0.25, 0.3) is 11.2 Å². The zero-order valence-corrected chi connectivity index (χ0v) is 9.91. The first kappa shape index (κ1) is 11.2. The summed E-state index contributed by atoms with van der Waals surface area (Å²) >= 11 is 0. The van der Waals surface area contributed by atoms with Crippen molar-refractivity contribution in [3.8, 4) is 0 Å². The Bertz CT molecular complexity index is 583. The molecule has 0 aliphatic carbocycles. The van der Waals surface area contributed by atoms with Crippen molar-refractivity contribution in [3.63, 3.8) is 0 Å². The molecule has 0 amide bonds. The number of hydrogen-bond acceptors (Lipinski definition) is 7. The summed E-state index contributed by atoms with van der Waals surface area (Å²) in [5.74, 6) is 0.384. The normalized spacial score (nSPS) is 23.8. The van der Waals surface area contributed by atoms with E-state index in [1.54, 1.807) is 10.9 Å². The van der Waals surface area contributed by atoms with E-state index in [1.165, 1.54) is 0 Å². The Labute approximate surface area is 103 Å². The highest BCUT2D eigenvalue weighted by Crippen LogP contribution is 2.27. The van der Waals surface area contributed by atoms with Gasteiger partial charge < -0.3 is 20.9 Å². The van der Waals surface area contributed by atoms with Gasteiger partial charge in [0.05, 0.1) is 12.9 Å². The molecule has 1 aliphatic rings. The number of anilines is 2. The maximum absolute atomic E-state index is 5.74. The molecule has 0 radical (unpaired) electrons. The number of ether oxygens (including phenoxy) is 2. The molecule has 0 saturated carbocycles. The molecule has 18 heavy (non-hydrogen) atoms. The second-order valence-electron chi connectivity index (χ2n) is 4.05. The molecule has 0 spiro atoms. The Morgan fingerprint density at radius 3 is 3.00 bits per heavy atom. The van der Waals surface area contributed by atoms with Crippen LogP contribution in [0.4, 0.5) is 11.8 Å². The third-order valence-corrected chi connectivity index (χ3v) is 2.84. The fourth-order valence-electron chi connectivity index (χ4n) is 1.97. The summed E-state index contributed by atoms with van der Waals surface area (Å²) in [5.41, 5.74) is 12.4. The molecule has 2 aromatic heterocycles. The van der Waals surface area contributed by atoms with Crippen LogP contribution in [-0.2, 0) is 9.47 Å². The maximum atomic E-state index is 5.74. The van der Waals surface area contributed by atoms with Crippen molar-refractivity contribution in [1.29, 1.82) is 0 Å². The predicted octanol–water partition coefficient (Wildman–Crippen LogP) is 0.272. The number of aromatic nitrogens is 4. The molecule has 1 saturated heterocycles. The molecule has 0 unspecified atom stereocenters. The molecule has 3 rings (SSSR count). The van der Waals surface area contributed by atoms with Gasteiger partial charge >= 0.3 is 0 Å². The molecule has 8 nitrogen and oxygen atoms in total. The van der Waals surface area contributed by atoms with Gasteiger partial charge in [0.2, 0.25) is 5.95 Å². The van der Waals surface area contributed by atoms with Gasteiger partial charge in [0.15, 0.2) is 24.0 Å². The van der Waals surface area contributed by atoms with E-state index in [-0.39, 0.29) is 24.3 Å². The smallest absolute Gasteiger partial charge is 0.224 e. The van der Waals surface area contributed by atoms with Crippen LogP contribution in [0.1, 0.15) is 19.6 Å². The minimum Gasteiger partial charge on any atom is -0.382 e. The van der Waals surface area contributed by atoms with Crippen LogP contribution in [0.3, 0.4) is 0 Å². The first-order chi connectivity index (χ1) is 8.69. The van der Waals surface area contributed by atoms with E-state index in [4.69, 9.17) is 20.9 Å². The van der Waals surface area contributed by atoms with Gasteiger partial charge in [0, 0.05) is 0 Å². The van der Waals surface area contributed by atoms with Crippen LogP contribution < -0.4 is 11.5 Å². The Hall–Kier alpha value is -1.93. The van der Waals surface area contributed by atoms with E-state index >= 15 is 0 Å². The number of nitrogen functional groups attached to an aromatic ring is 2. The Balaban J connectivity index is 2.03. The zero-order valence-electron chi connectivity index (χ0n) is 9.91. The second-order valence-corrected chi connectivity index (χ2v) is 4.05. The maximum Gasteiger partial charge on any atom is 0.224 e. The molecule has 0 aromatic carbocycles. The Morgan fingerprint density at radius 1 is 1.44 bits per heavy atom. The van der Waals surface area contributed by atoms with Crippen molar-refractivity contribution < 1.29 is 9.47 Å². The lowest BCUT2D eigenvalue weighted by atomic mass is 10.5. The molecular weight excluding hydrogens is 236 g/mol. The molecule has 0 bridgehead atoms. The third-order valence-electron chi connectivity index (χ3n) is 2.84. The van der Waals surface area contributed by atoms with E-state index in [0.717, 1.165) is 6.42 Å². The summed E-state index contributed by atoms with van der Waals surface area (Å²) in [6, 6.07) is 0. The monoisotopic (exact) mass is 250 g/mol. The zero-order chi connectivity index (χ0) is 12.7. The summed E-state index contributed by atoms with van der Waals surface area (Å²) in [7, 11) is 0. The molecule has 4 N–H and O–H groups in total. The van der Waals surface area contributed by atoms with Crippen LogP contribution in [-0.4, -0.2) is 32.4 Å². The van der Waals surface area contributed by atoms with Crippen LogP contribution in [0.2, 0.25) is 0 Å². The fourth-order valence-corrected chi connectivity index (χ4v) is 1.97. The lowest BCUT2D eigenvalue weighted by Gasteiger charge is -2.11. The molecule has 3 heterocycles. The second kappa shape index (κ2) is 4.07. The van der Waals surface area contributed by atoms with Crippen molar-refractivity contribution in [1.82, 2.24) is 19.5 Å². The average Bonchev–Trinajstić information content (AvgIpc) is 2.93. The standard InChI is InChI=1S/C10H14N6O2/c1-2-6-17-3-5(18-6)16-4-13-7-8(11)14-10(12)15-9(7)16/h4-6H,2-3H2,1H3,(H4,11,12,14,15)/t5-,6-/m1/s1. The summed E-state index contributed by atoms with van der Waals surface area (Å²) < 4.78 is 12.9. The van der Waals surface area contributed by atoms with Crippen LogP contribution in [0.5, 0.6) is 0 Å². The van der Waals surface area contributed by atoms with Gasteiger partial charge in [-0.25, -0.2) is 4.98 Å². The van der Waals surface area contributed by atoms with E-state index in [0.29, 0.717) is 17.8 Å². The van der Waals surface area contributed by atoms with Gasteiger partial charge in [0.25, 0.3) is 0 Å². The van der Waals surface area contributed by atoms with Crippen molar-refractivity contribution in [2.75, 3.05) is 18.1 Å². The molecule has 96 valence electrons. The fraction of sp³-hybridized carbons (Fsp3) is 0.500. The lowest BCUT2D eigenvalue weighted by molar-refractivity contribution is -0.0715. The van der Waals surface area contributed by atoms with Crippen LogP contribution in [0.15, 0.2) is 6.33 Å². The van der Waals surface area contributed by atoms with E-state index in [2.05, 4.69) is 15.0 Å². The number of rotatable bonds is 2. The number of fused-ring (bicyclic) bond motifs is 1. The quantitative estimate of drug-likeness (QED) is 0.786. The van der Waals surface area contributed by atoms with Crippen LogP contribution >= 0.6 is 0 Å². The van der Waals surface area contributed by atoms with Gasteiger partial charge in [-0.1, -0.05) is 6.92 Å². The minimum absolute atomic E-state index is 0.118. The SMILES string of the molecule is CC[C@@H]1OC[C@H](n2cnc3c(N)nc(N)nc32)O1. The predicted molar refractivity (Wildman–Crippen MR) is 64.3 cm³/mol. The summed E-state index contributed by atoms with van der Waals surface area (Å²) in [6.45, 7) is 2.45. The van der Waals surface area contributed by atoms with Gasteiger partial charge in [-0.15, -0.1) is 0 Å². The first-order valence-corrected chi connectivity index (χ1v) is 5.71. The molecule has 1 aliphatic heterocycles. The van der Waals surface area contributed by atoms with E-state index in [1.807, 2.05) is 6.92 Å². The van der Waals surface area contributed by atoms with Crippen LogP contribution in [0, 0.1) is 0 Å². The van der Waals surface area contributed by atoms with Gasteiger partial charge in [-0.3, -0.25) is 4.57 Å². The number of nitrogens with zero attached hydrogens (tertiary/aromatic N) is 4. The third kappa shape index (κ3) is 1.66. The highest BCUT2D eigenvalue weighted by molar-refractivity contribution is 5.82. The number of nitrogens with two attached hydrogens (primary N) is 2. The highest BCUT2D eigenvalue weighted by Gasteiger charge is 2.27. The molecular formula is C10H14N6O2. The first-order valence-electron chi connectivity index (χ1n) is 5.71. The summed E-state index contributed by atoms with van der Waals surface area (Å²) in [5, 5.41) is 0. The Morgan fingerprint density at radius 2 is 2.28 bits per heavy atom. The minimum atomic E-state index is -0.256. The topological polar surface area (TPSA) is 114 Å². The molecule has 2 aromatic rings. The van der Waals surface area contributed by atoms with Gasteiger partial charge in [0.1, 0.15) is 5.52 Å². The van der Waals surface area contributed by atoms with E-state index < -0.39 is 0 Å². The Kier molecular flexibility index (Phi) is 2.53. The van der Waals surface area contributed by atoms with E-state index in [9.17, 15) is 0 Å². The van der Waals surface area contributed by atoms with Crippen molar-refractivity contribution in [2.45, 2.75) is 25.9 Å². The highest BCUT2D eigenvalue weighted by atomic mass is 16.7. The number of imidazole rings is 1. The van der Waals surface area contributed by atoms with Gasteiger partial charge in [-0.05, 0) is 6.42 Å². The van der Waals surface area contributed by atoms with Crippen molar-refractivity contribution in [3.05, 3.63) is 6.33 Å². The lowest BCUT2D eigenvalue weighted by Crippen LogP contribution is -2.12. The summed E-state index contributed by atoms with van der Waals surface area (Å²) in [6.07, 6.45) is 1.96. The van der Waals surface area contributed by atoms with Crippen molar-refractivity contribution >= 4 is 22.9 Å². The summed E-state index contributed by atoms with van der Waals surface area (Å²) in [4.78, 5) is 12.2. The van der Waals surface area contributed by atoms with Gasteiger partial charge in [-0.2, -0.15) is 9.97 Å². The molecule has 1 fully saturated rings. The number of hydrogen-bond donors (Lipinski definition) is 2. The average molecular weight is 250 g/mol.